The maximum absolute atomic E-state index is 15.0. The zero-order valence-corrected chi connectivity index (χ0v) is 23.1. The Balaban J connectivity index is 1.69. The summed E-state index contributed by atoms with van der Waals surface area (Å²) in [5, 5.41) is 0. The Bertz CT molecular complexity index is 1540. The third-order valence-electron chi connectivity index (χ3n) is 9.19. The van der Waals surface area contributed by atoms with Crippen LogP contribution in [0.5, 0.6) is 0 Å². The average Bonchev–Trinajstić information content (AvgIpc) is 3.33. The van der Waals surface area contributed by atoms with E-state index in [-0.39, 0.29) is 67.0 Å². The summed E-state index contributed by atoms with van der Waals surface area (Å²) in [7, 11) is -4.55. The number of carbonyl (C=O) groups is 2. The predicted molar refractivity (Wildman–Crippen MR) is 135 cm³/mol. The van der Waals surface area contributed by atoms with E-state index >= 15 is 0 Å². The van der Waals surface area contributed by atoms with Crippen LogP contribution in [0.3, 0.4) is 0 Å². The van der Waals surface area contributed by atoms with Crippen LogP contribution in [-0.2, 0) is 36.3 Å². The number of nitrogens with zero attached hydrogens (tertiary/aromatic N) is 1. The summed E-state index contributed by atoms with van der Waals surface area (Å²) in [5.74, 6) is -3.34. The fraction of sp³-hybridized carbons (Fsp3) is 0.500. The highest BCUT2D eigenvalue weighted by atomic mass is 32.2. The molecule has 2 N–H and O–H groups in total. The Labute approximate surface area is 241 Å². The molecule has 4 atom stereocenters. The summed E-state index contributed by atoms with van der Waals surface area (Å²) in [6.07, 6.45) is -13.0. The number of primary amides is 1. The molecule has 5 rings (SSSR count). The number of rotatable bonds is 5. The molecule has 15 heteroatoms. The van der Waals surface area contributed by atoms with Crippen molar-refractivity contribution >= 4 is 21.7 Å². The molecule has 2 aliphatic carbocycles. The summed E-state index contributed by atoms with van der Waals surface area (Å²) in [6.45, 7) is -0.0741. The lowest BCUT2D eigenvalue weighted by molar-refractivity contribution is -0.348. The lowest BCUT2D eigenvalue weighted by atomic mass is 9.73. The second-order valence-electron chi connectivity index (χ2n) is 11.3. The van der Waals surface area contributed by atoms with E-state index in [1.54, 1.807) is 0 Å². The van der Waals surface area contributed by atoms with Gasteiger partial charge >= 0.3 is 18.0 Å². The Morgan fingerprint density at radius 2 is 1.53 bits per heavy atom. The lowest BCUT2D eigenvalue weighted by Gasteiger charge is -2.46. The van der Waals surface area contributed by atoms with E-state index in [0.29, 0.717) is 12.1 Å². The van der Waals surface area contributed by atoms with E-state index in [4.69, 9.17) is 5.73 Å². The van der Waals surface area contributed by atoms with Gasteiger partial charge in [-0.3, -0.25) is 9.59 Å². The highest BCUT2D eigenvalue weighted by Gasteiger charge is 2.74. The lowest BCUT2D eigenvalue weighted by Crippen LogP contribution is -2.54. The van der Waals surface area contributed by atoms with E-state index in [1.165, 1.54) is 4.90 Å². The van der Waals surface area contributed by atoms with Crippen molar-refractivity contribution in [3.05, 3.63) is 65.0 Å². The molecular formula is C28H26F8N2O4S. The Kier molecular flexibility index (Phi) is 7.37. The van der Waals surface area contributed by atoms with Crippen molar-refractivity contribution in [2.45, 2.75) is 72.2 Å². The van der Waals surface area contributed by atoms with E-state index in [0.717, 1.165) is 30.3 Å². The van der Waals surface area contributed by atoms with E-state index in [1.807, 2.05) is 0 Å². The summed E-state index contributed by atoms with van der Waals surface area (Å²) in [4.78, 5) is 26.0. The van der Waals surface area contributed by atoms with Gasteiger partial charge in [-0.05, 0) is 67.5 Å². The molecule has 1 heterocycles. The molecule has 2 aromatic carbocycles. The van der Waals surface area contributed by atoms with Gasteiger partial charge in [-0.2, -0.15) is 26.3 Å². The van der Waals surface area contributed by atoms with Crippen LogP contribution in [0, 0.1) is 17.7 Å². The number of fused-ring (bicyclic) bond motifs is 3. The van der Waals surface area contributed by atoms with Crippen LogP contribution in [0.1, 0.15) is 48.8 Å². The zero-order valence-electron chi connectivity index (χ0n) is 22.3. The predicted octanol–water partition coefficient (Wildman–Crippen LogP) is 5.23. The van der Waals surface area contributed by atoms with Crippen LogP contribution in [0.15, 0.2) is 47.4 Å². The first-order chi connectivity index (χ1) is 19.9. The second kappa shape index (κ2) is 10.2. The smallest absolute Gasteiger partial charge is 0.369 e. The van der Waals surface area contributed by atoms with E-state index in [9.17, 15) is 53.1 Å². The van der Waals surface area contributed by atoms with Gasteiger partial charge in [0.25, 0.3) is 0 Å². The monoisotopic (exact) mass is 638 g/mol. The molecule has 6 nitrogen and oxygen atoms in total. The summed E-state index contributed by atoms with van der Waals surface area (Å²) < 4.78 is 137. The van der Waals surface area contributed by atoms with Crippen LogP contribution in [0.25, 0.3) is 0 Å². The molecule has 1 saturated heterocycles. The molecular weight excluding hydrogens is 612 g/mol. The fourth-order valence-electron chi connectivity index (χ4n) is 7.15. The summed E-state index contributed by atoms with van der Waals surface area (Å²) in [6, 6.07) is 4.53. The number of alkyl halides is 7. The molecule has 0 bridgehead atoms. The van der Waals surface area contributed by atoms with Crippen LogP contribution in [0.2, 0.25) is 0 Å². The third-order valence-corrected chi connectivity index (χ3v) is 11.8. The van der Waals surface area contributed by atoms with Gasteiger partial charge in [-0.15, -0.1) is 0 Å². The maximum Gasteiger partial charge on any atom is 0.435 e. The number of likely N-dealkylation sites (tertiary alicyclic amines) is 1. The normalized spacial score (nSPS) is 26.7. The minimum absolute atomic E-state index is 0.0258. The van der Waals surface area contributed by atoms with Crippen molar-refractivity contribution in [1.82, 2.24) is 4.90 Å². The molecule has 234 valence electrons. The number of aryl methyl sites for hydroxylation is 1. The molecule has 2 amide bonds. The van der Waals surface area contributed by atoms with Gasteiger partial charge in [-0.25, -0.2) is 17.2 Å². The maximum atomic E-state index is 15.0. The van der Waals surface area contributed by atoms with Crippen LogP contribution in [0.4, 0.5) is 35.1 Å². The molecule has 2 aromatic rings. The number of amides is 2. The number of halogens is 8. The van der Waals surface area contributed by atoms with Gasteiger partial charge in [-0.1, -0.05) is 18.2 Å². The zero-order chi connectivity index (χ0) is 31.8. The van der Waals surface area contributed by atoms with Crippen molar-refractivity contribution < 1.29 is 53.1 Å². The largest absolute Gasteiger partial charge is 0.435 e. The third kappa shape index (κ3) is 4.60. The molecule has 3 aliphatic rings. The first kappa shape index (κ1) is 31.2. The fourth-order valence-corrected chi connectivity index (χ4v) is 9.61. The van der Waals surface area contributed by atoms with Gasteiger partial charge in [0.2, 0.25) is 11.8 Å². The van der Waals surface area contributed by atoms with Gasteiger partial charge in [0.05, 0.1) is 10.8 Å². The highest BCUT2D eigenvalue weighted by Crippen LogP contribution is 2.60. The number of piperidine rings is 1. The van der Waals surface area contributed by atoms with E-state index < -0.39 is 67.8 Å². The first-order valence-corrected chi connectivity index (χ1v) is 14.9. The van der Waals surface area contributed by atoms with Gasteiger partial charge in [0.15, 0.2) is 9.84 Å². The second-order valence-corrected chi connectivity index (χ2v) is 13.5. The average molecular weight is 639 g/mol. The number of sulfone groups is 1. The van der Waals surface area contributed by atoms with Crippen LogP contribution >= 0.6 is 0 Å². The summed E-state index contributed by atoms with van der Waals surface area (Å²) in [5.41, 5.74) is -2.30. The number of hydrogen-bond acceptors (Lipinski definition) is 4. The van der Waals surface area contributed by atoms with Crippen molar-refractivity contribution in [3.8, 4) is 0 Å². The number of benzene rings is 2. The molecule has 0 aromatic heterocycles. The van der Waals surface area contributed by atoms with Crippen molar-refractivity contribution in [2.75, 3.05) is 6.54 Å². The first-order valence-electron chi connectivity index (χ1n) is 13.4. The minimum Gasteiger partial charge on any atom is -0.369 e. The molecule has 1 unspecified atom stereocenters. The molecule has 0 spiro atoms. The Morgan fingerprint density at radius 1 is 0.907 bits per heavy atom. The Hall–Kier alpha value is -3.23. The quantitative estimate of drug-likeness (QED) is 0.358. The molecule has 1 aliphatic heterocycles. The Morgan fingerprint density at radius 3 is 2.12 bits per heavy atom. The molecule has 43 heavy (non-hydrogen) atoms. The van der Waals surface area contributed by atoms with Gasteiger partial charge in [0.1, 0.15) is 10.6 Å². The molecule has 2 fully saturated rings. The SMILES string of the molecule is NC(=O)C1CCC(=O)N([C@@H]2CC[C@@]3(S(=O)(=O)c4ccc(F)cc4)c4ccc(C(F)(C(F)(F)F)C(F)(F)F)cc4CC[C@@H]23)C1. The van der Waals surface area contributed by atoms with Crippen molar-refractivity contribution in [3.63, 3.8) is 0 Å². The van der Waals surface area contributed by atoms with E-state index in [2.05, 4.69) is 0 Å². The van der Waals surface area contributed by atoms with Crippen molar-refractivity contribution in [1.29, 1.82) is 0 Å². The number of hydrogen-bond donors (Lipinski definition) is 1. The molecule has 1 saturated carbocycles. The van der Waals surface area contributed by atoms with Crippen molar-refractivity contribution in [2.24, 2.45) is 17.6 Å². The van der Waals surface area contributed by atoms with Crippen LogP contribution in [-0.4, -0.2) is 50.1 Å². The minimum atomic E-state index is -6.36. The summed E-state index contributed by atoms with van der Waals surface area (Å²) >= 11 is 0. The number of carbonyl (C=O) groups excluding carboxylic acids is 2. The number of nitrogens with two attached hydrogens (primary N) is 1. The topological polar surface area (TPSA) is 97.5 Å². The molecule has 0 radical (unpaired) electrons. The standard InChI is InChI=1S/C28H26F8N2O4S/c29-18-4-6-19(7-5-18)43(41,42)25-12-11-22(38-14-16(24(37)40)2-10-23(38)39)21(25)8-1-15-13-17(3-9-20(15)25)26(30,27(31,32)33)28(34,35)36/h3-7,9,13,16,21-22H,1-2,8,10-12,14H2,(H2,37,40)/t16?,21-,22+,25+/m0/s1. The van der Waals surface area contributed by atoms with Crippen LogP contribution < -0.4 is 5.73 Å². The highest BCUT2D eigenvalue weighted by molar-refractivity contribution is 7.92. The van der Waals surface area contributed by atoms with Gasteiger partial charge < -0.3 is 10.6 Å². The van der Waals surface area contributed by atoms with Gasteiger partial charge in [0, 0.05) is 30.5 Å².